The maximum Gasteiger partial charge on any atom is 0.270 e. The normalized spacial score (nSPS) is 11.2. The zero-order valence-corrected chi connectivity index (χ0v) is 16.3. The van der Waals surface area contributed by atoms with Crippen molar-refractivity contribution in [2.45, 2.75) is 13.5 Å². The van der Waals surface area contributed by atoms with Crippen LogP contribution in [0.25, 0.3) is 0 Å². The summed E-state index contributed by atoms with van der Waals surface area (Å²) < 4.78 is 1.84. The SMILES string of the molecule is Cc1ccc(Cn2ccccc2=NC(=O)CNC(=O)c2cccc([N+](=O)[O-])c2)cc1. The Morgan fingerprint density at radius 2 is 1.83 bits per heavy atom. The predicted octanol–water partition coefficient (Wildman–Crippen LogP) is 2.61. The molecule has 0 atom stereocenters. The molecule has 0 fully saturated rings. The number of aromatic nitrogens is 1. The Labute approximate surface area is 172 Å². The van der Waals surface area contributed by atoms with Crippen molar-refractivity contribution >= 4 is 17.5 Å². The minimum atomic E-state index is -0.584. The van der Waals surface area contributed by atoms with Crippen LogP contribution in [-0.4, -0.2) is 27.8 Å². The van der Waals surface area contributed by atoms with Gasteiger partial charge < -0.3 is 9.88 Å². The van der Waals surface area contributed by atoms with Gasteiger partial charge in [0.05, 0.1) is 11.5 Å². The van der Waals surface area contributed by atoms with Gasteiger partial charge in [-0.15, -0.1) is 0 Å². The highest BCUT2D eigenvalue weighted by Crippen LogP contribution is 2.12. The van der Waals surface area contributed by atoms with Crippen LogP contribution < -0.4 is 10.8 Å². The molecule has 0 saturated carbocycles. The number of hydrogen-bond donors (Lipinski definition) is 1. The van der Waals surface area contributed by atoms with Crippen LogP contribution in [0.1, 0.15) is 21.5 Å². The van der Waals surface area contributed by atoms with E-state index < -0.39 is 16.7 Å². The van der Waals surface area contributed by atoms with E-state index in [-0.39, 0.29) is 17.8 Å². The van der Waals surface area contributed by atoms with E-state index in [1.54, 1.807) is 12.1 Å². The Morgan fingerprint density at radius 1 is 1.07 bits per heavy atom. The zero-order valence-electron chi connectivity index (χ0n) is 16.3. The molecule has 3 aromatic rings. The number of non-ortho nitro benzene ring substituents is 1. The van der Waals surface area contributed by atoms with E-state index in [1.165, 1.54) is 18.2 Å². The van der Waals surface area contributed by atoms with Gasteiger partial charge >= 0.3 is 0 Å². The van der Waals surface area contributed by atoms with Crippen LogP contribution in [0, 0.1) is 17.0 Å². The molecule has 0 bridgehead atoms. The highest BCUT2D eigenvalue weighted by molar-refractivity contribution is 5.97. The van der Waals surface area contributed by atoms with Gasteiger partial charge in [0.15, 0.2) is 0 Å². The third-order valence-corrected chi connectivity index (χ3v) is 4.35. The average molecular weight is 404 g/mol. The molecule has 0 saturated heterocycles. The summed E-state index contributed by atoms with van der Waals surface area (Å²) >= 11 is 0. The first-order valence-electron chi connectivity index (χ1n) is 9.23. The van der Waals surface area contributed by atoms with Crippen molar-refractivity contribution < 1.29 is 14.5 Å². The fraction of sp³-hybridized carbons (Fsp3) is 0.136. The Kier molecular flexibility index (Phi) is 6.49. The number of nitrogens with one attached hydrogen (secondary N) is 1. The molecule has 1 aromatic heterocycles. The Morgan fingerprint density at radius 3 is 2.57 bits per heavy atom. The lowest BCUT2D eigenvalue weighted by atomic mass is 10.1. The van der Waals surface area contributed by atoms with Crippen molar-refractivity contribution in [3.8, 4) is 0 Å². The molecule has 30 heavy (non-hydrogen) atoms. The lowest BCUT2D eigenvalue weighted by Crippen LogP contribution is -2.31. The number of carbonyl (C=O) groups is 2. The minimum absolute atomic E-state index is 0.103. The first-order chi connectivity index (χ1) is 14.4. The summed E-state index contributed by atoms with van der Waals surface area (Å²) in [6.45, 7) is 2.25. The smallest absolute Gasteiger partial charge is 0.270 e. The summed E-state index contributed by atoms with van der Waals surface area (Å²) in [5.41, 5.74) is 2.61. The number of aryl methyl sites for hydroxylation is 1. The average Bonchev–Trinajstić information content (AvgIpc) is 2.75. The predicted molar refractivity (Wildman–Crippen MR) is 111 cm³/mol. The molecule has 152 valence electrons. The Bertz CT molecular complexity index is 1150. The number of benzene rings is 2. The summed E-state index contributed by atoms with van der Waals surface area (Å²) in [6, 6.07) is 18.7. The van der Waals surface area contributed by atoms with Gasteiger partial charge in [0.2, 0.25) is 0 Å². The van der Waals surface area contributed by atoms with Crippen molar-refractivity contribution in [2.24, 2.45) is 4.99 Å². The number of nitro benzene ring substituents is 1. The highest BCUT2D eigenvalue weighted by Gasteiger charge is 2.12. The lowest BCUT2D eigenvalue weighted by molar-refractivity contribution is -0.384. The van der Waals surface area contributed by atoms with Gasteiger partial charge in [-0.05, 0) is 30.7 Å². The van der Waals surface area contributed by atoms with Gasteiger partial charge in [-0.2, -0.15) is 4.99 Å². The molecule has 0 spiro atoms. The number of amides is 2. The van der Waals surface area contributed by atoms with Crippen LogP contribution in [0.2, 0.25) is 0 Å². The lowest BCUT2D eigenvalue weighted by Gasteiger charge is -2.08. The topological polar surface area (TPSA) is 107 Å². The van der Waals surface area contributed by atoms with E-state index in [4.69, 9.17) is 0 Å². The molecule has 0 aliphatic rings. The second-order valence-corrected chi connectivity index (χ2v) is 6.67. The Balaban J connectivity index is 1.69. The van der Waals surface area contributed by atoms with Crippen LogP contribution in [0.4, 0.5) is 5.69 Å². The van der Waals surface area contributed by atoms with Crippen LogP contribution in [0.5, 0.6) is 0 Å². The molecule has 0 unspecified atom stereocenters. The molecule has 8 nitrogen and oxygen atoms in total. The molecule has 0 radical (unpaired) electrons. The van der Waals surface area contributed by atoms with Gasteiger partial charge in [-0.1, -0.05) is 42.0 Å². The largest absolute Gasteiger partial charge is 0.343 e. The monoisotopic (exact) mass is 404 g/mol. The summed E-state index contributed by atoms with van der Waals surface area (Å²) in [7, 11) is 0. The second-order valence-electron chi connectivity index (χ2n) is 6.67. The standard InChI is InChI=1S/C22H20N4O4/c1-16-8-10-17(11-9-16)15-25-12-3-2-7-20(25)24-21(27)14-23-22(28)18-5-4-6-19(13-18)26(29)30/h2-13H,14-15H2,1H3,(H,23,28). The van der Waals surface area contributed by atoms with Crippen molar-refractivity contribution in [1.29, 1.82) is 0 Å². The van der Waals surface area contributed by atoms with E-state index in [0.29, 0.717) is 12.0 Å². The quantitative estimate of drug-likeness (QED) is 0.503. The van der Waals surface area contributed by atoms with E-state index in [9.17, 15) is 19.7 Å². The third kappa shape index (κ3) is 5.48. The molecule has 0 aliphatic heterocycles. The molecular formula is C22H20N4O4. The fourth-order valence-corrected chi connectivity index (χ4v) is 2.78. The van der Waals surface area contributed by atoms with E-state index in [2.05, 4.69) is 10.3 Å². The molecule has 3 rings (SSSR count). The molecular weight excluding hydrogens is 384 g/mol. The summed E-state index contributed by atoms with van der Waals surface area (Å²) in [5.74, 6) is -1.11. The maximum absolute atomic E-state index is 12.3. The van der Waals surface area contributed by atoms with Crippen molar-refractivity contribution in [1.82, 2.24) is 9.88 Å². The van der Waals surface area contributed by atoms with Gasteiger partial charge in [-0.25, -0.2) is 0 Å². The fourth-order valence-electron chi connectivity index (χ4n) is 2.78. The summed E-state index contributed by atoms with van der Waals surface area (Å²) in [5, 5.41) is 13.3. The number of pyridine rings is 1. The minimum Gasteiger partial charge on any atom is -0.343 e. The molecule has 0 aliphatic carbocycles. The van der Waals surface area contributed by atoms with Gasteiger partial charge in [-0.3, -0.25) is 19.7 Å². The molecule has 1 N–H and O–H groups in total. The molecule has 8 heteroatoms. The van der Waals surface area contributed by atoms with E-state index in [0.717, 1.165) is 17.2 Å². The van der Waals surface area contributed by atoms with E-state index >= 15 is 0 Å². The van der Waals surface area contributed by atoms with Crippen LogP contribution in [0.15, 0.2) is 77.9 Å². The molecule has 2 aromatic carbocycles. The van der Waals surface area contributed by atoms with Crippen LogP contribution in [-0.2, 0) is 11.3 Å². The first-order valence-corrected chi connectivity index (χ1v) is 9.23. The second kappa shape index (κ2) is 9.42. The van der Waals surface area contributed by atoms with Crippen LogP contribution >= 0.6 is 0 Å². The summed E-state index contributed by atoms with van der Waals surface area (Å²) in [6.07, 6.45) is 1.83. The van der Waals surface area contributed by atoms with Gasteiger partial charge in [0.1, 0.15) is 5.49 Å². The van der Waals surface area contributed by atoms with E-state index in [1.807, 2.05) is 48.0 Å². The van der Waals surface area contributed by atoms with Gasteiger partial charge in [0, 0.05) is 30.4 Å². The van der Waals surface area contributed by atoms with Gasteiger partial charge in [0.25, 0.3) is 17.5 Å². The number of nitrogens with zero attached hydrogens (tertiary/aromatic N) is 3. The van der Waals surface area contributed by atoms with Crippen molar-refractivity contribution in [3.05, 3.63) is 105 Å². The first kappa shape index (κ1) is 20.7. The molecule has 1 heterocycles. The zero-order chi connectivity index (χ0) is 21.5. The highest BCUT2D eigenvalue weighted by atomic mass is 16.6. The number of nitro groups is 1. The maximum atomic E-state index is 12.3. The number of carbonyl (C=O) groups excluding carboxylic acids is 2. The van der Waals surface area contributed by atoms with Crippen molar-refractivity contribution in [2.75, 3.05) is 6.54 Å². The number of rotatable bonds is 6. The van der Waals surface area contributed by atoms with Crippen molar-refractivity contribution in [3.63, 3.8) is 0 Å². The molecule has 2 amide bonds. The third-order valence-electron chi connectivity index (χ3n) is 4.35. The summed E-state index contributed by atoms with van der Waals surface area (Å²) in [4.78, 5) is 38.8. The Hall–Kier alpha value is -4.07. The van der Waals surface area contributed by atoms with Crippen LogP contribution in [0.3, 0.4) is 0 Å². The number of hydrogen-bond acceptors (Lipinski definition) is 4.